The van der Waals surface area contributed by atoms with Crippen molar-refractivity contribution < 1.29 is 19.2 Å². The van der Waals surface area contributed by atoms with Gasteiger partial charge in [0.25, 0.3) is 11.6 Å². The molecular formula is C18H16N4O5. The topological polar surface area (TPSA) is 128 Å². The average Bonchev–Trinajstić information content (AvgIpc) is 3.16. The molecule has 9 nitrogen and oxygen atoms in total. The quantitative estimate of drug-likeness (QED) is 0.372. The lowest BCUT2D eigenvalue weighted by Gasteiger charge is -2.12. The third kappa shape index (κ3) is 4.09. The van der Waals surface area contributed by atoms with E-state index in [2.05, 4.69) is 5.10 Å². The summed E-state index contributed by atoms with van der Waals surface area (Å²) in [5, 5.41) is 16.2. The molecule has 138 valence electrons. The number of carbonyl (C=O) groups is 2. The molecule has 0 radical (unpaired) electrons. The first-order valence-corrected chi connectivity index (χ1v) is 8.10. The molecule has 0 atom stereocenters. The number of esters is 1. The fourth-order valence-corrected chi connectivity index (χ4v) is 2.60. The minimum absolute atomic E-state index is 0.0386. The van der Waals surface area contributed by atoms with Gasteiger partial charge in [0.15, 0.2) is 6.61 Å². The van der Waals surface area contributed by atoms with Crippen LogP contribution < -0.4 is 5.73 Å². The zero-order valence-corrected chi connectivity index (χ0v) is 14.2. The van der Waals surface area contributed by atoms with Crippen LogP contribution in [0.4, 0.5) is 11.4 Å². The van der Waals surface area contributed by atoms with Crippen LogP contribution in [0.1, 0.15) is 22.3 Å². The summed E-state index contributed by atoms with van der Waals surface area (Å²) in [4.78, 5) is 34.4. The molecule has 1 aliphatic rings. The number of nitro groups is 1. The number of amides is 1. The molecular weight excluding hydrogens is 352 g/mol. The molecule has 0 aliphatic carbocycles. The second-order valence-corrected chi connectivity index (χ2v) is 5.78. The van der Waals surface area contributed by atoms with E-state index in [1.807, 2.05) is 30.3 Å². The zero-order chi connectivity index (χ0) is 19.4. The van der Waals surface area contributed by atoms with E-state index in [1.54, 1.807) is 0 Å². The lowest BCUT2D eigenvalue weighted by molar-refractivity contribution is -0.384. The second kappa shape index (κ2) is 7.65. The molecule has 1 heterocycles. The number of ether oxygens (including phenoxy) is 1. The van der Waals surface area contributed by atoms with Crippen molar-refractivity contribution in [3.05, 3.63) is 69.8 Å². The largest absolute Gasteiger partial charge is 0.452 e. The molecule has 0 spiro atoms. The number of carbonyl (C=O) groups excluding carboxylic acids is 2. The van der Waals surface area contributed by atoms with Crippen LogP contribution in [0.2, 0.25) is 0 Å². The molecule has 1 aliphatic heterocycles. The summed E-state index contributed by atoms with van der Waals surface area (Å²) in [6, 6.07) is 12.9. The molecule has 2 aromatic rings. The number of hydrogen-bond acceptors (Lipinski definition) is 7. The molecule has 0 saturated carbocycles. The van der Waals surface area contributed by atoms with Gasteiger partial charge in [-0.25, -0.2) is 9.80 Å². The highest BCUT2D eigenvalue weighted by Crippen LogP contribution is 2.20. The normalized spacial score (nSPS) is 13.2. The van der Waals surface area contributed by atoms with Gasteiger partial charge in [-0.05, 0) is 11.6 Å². The van der Waals surface area contributed by atoms with Gasteiger partial charge in [-0.1, -0.05) is 30.3 Å². The number of nitro benzene ring substituents is 1. The zero-order valence-electron chi connectivity index (χ0n) is 14.2. The maximum Gasteiger partial charge on any atom is 0.340 e. The van der Waals surface area contributed by atoms with Crippen LogP contribution in [0.25, 0.3) is 0 Å². The Hall–Kier alpha value is -3.75. The molecule has 0 unspecified atom stereocenters. The molecule has 1 amide bonds. The van der Waals surface area contributed by atoms with E-state index in [9.17, 15) is 19.7 Å². The molecule has 9 heteroatoms. The van der Waals surface area contributed by atoms with Crippen LogP contribution in [-0.4, -0.2) is 40.7 Å². The van der Waals surface area contributed by atoms with Crippen LogP contribution in [0.5, 0.6) is 0 Å². The van der Waals surface area contributed by atoms with E-state index in [4.69, 9.17) is 10.5 Å². The monoisotopic (exact) mass is 368 g/mol. The summed E-state index contributed by atoms with van der Waals surface area (Å²) in [6.45, 7) is -0.0961. The van der Waals surface area contributed by atoms with Crippen LogP contribution >= 0.6 is 0 Å². The third-order valence-electron chi connectivity index (χ3n) is 3.99. The fourth-order valence-electron chi connectivity index (χ4n) is 2.60. The Bertz CT molecular complexity index is 927. The van der Waals surface area contributed by atoms with Crippen molar-refractivity contribution in [2.24, 2.45) is 5.10 Å². The Morgan fingerprint density at radius 1 is 1.22 bits per heavy atom. The van der Waals surface area contributed by atoms with Gasteiger partial charge in [0.05, 0.1) is 28.4 Å². The minimum atomic E-state index is -0.831. The molecule has 2 N–H and O–H groups in total. The number of nitrogen functional groups attached to an aromatic ring is 1. The fraction of sp³-hybridized carbons (Fsp3) is 0.167. The number of rotatable bonds is 5. The highest BCUT2D eigenvalue weighted by atomic mass is 16.6. The molecule has 3 rings (SSSR count). The molecule has 2 aromatic carbocycles. The van der Waals surface area contributed by atoms with Crippen molar-refractivity contribution in [2.75, 3.05) is 18.9 Å². The van der Waals surface area contributed by atoms with Gasteiger partial charge in [-0.15, -0.1) is 0 Å². The lowest BCUT2D eigenvalue weighted by Crippen LogP contribution is -2.29. The number of anilines is 1. The van der Waals surface area contributed by atoms with Crippen molar-refractivity contribution >= 4 is 29.0 Å². The van der Waals surface area contributed by atoms with Gasteiger partial charge >= 0.3 is 5.97 Å². The van der Waals surface area contributed by atoms with Crippen molar-refractivity contribution in [3.8, 4) is 0 Å². The molecule has 0 bridgehead atoms. The number of hydrogen-bond donors (Lipinski definition) is 1. The van der Waals surface area contributed by atoms with E-state index in [-0.39, 0.29) is 16.9 Å². The number of hydrazone groups is 1. The summed E-state index contributed by atoms with van der Waals surface area (Å²) in [6.07, 6.45) is 0.610. The van der Waals surface area contributed by atoms with E-state index in [1.165, 1.54) is 11.1 Å². The van der Waals surface area contributed by atoms with Crippen molar-refractivity contribution in [2.45, 2.75) is 6.42 Å². The van der Waals surface area contributed by atoms with Crippen LogP contribution in [-0.2, 0) is 9.53 Å². The standard InChI is InChI=1S/C18H16N4O5/c19-15-10-13(22(25)26)6-7-14(15)18(24)27-11-17(23)21-9-8-16(20-21)12-4-2-1-3-5-12/h1-7,10H,8-9,11,19H2. The number of non-ortho nitro benzene ring substituents is 1. The van der Waals surface area contributed by atoms with E-state index >= 15 is 0 Å². The third-order valence-corrected chi connectivity index (χ3v) is 3.99. The highest BCUT2D eigenvalue weighted by Gasteiger charge is 2.23. The van der Waals surface area contributed by atoms with Crippen LogP contribution in [0.3, 0.4) is 0 Å². The van der Waals surface area contributed by atoms with E-state index in [0.29, 0.717) is 13.0 Å². The van der Waals surface area contributed by atoms with Gasteiger partial charge in [-0.2, -0.15) is 5.10 Å². The summed E-state index contributed by atoms with van der Waals surface area (Å²) >= 11 is 0. The SMILES string of the molecule is Nc1cc([N+](=O)[O-])ccc1C(=O)OCC(=O)N1CCC(c2ccccc2)=N1. The number of nitrogens with zero attached hydrogens (tertiary/aromatic N) is 3. The summed E-state index contributed by atoms with van der Waals surface area (Å²) < 4.78 is 4.98. The Morgan fingerprint density at radius 2 is 1.96 bits per heavy atom. The van der Waals surface area contributed by atoms with Gasteiger partial charge in [-0.3, -0.25) is 14.9 Å². The maximum absolute atomic E-state index is 12.2. The Balaban J connectivity index is 1.60. The van der Waals surface area contributed by atoms with Gasteiger partial charge in [0.2, 0.25) is 0 Å². The molecule has 27 heavy (non-hydrogen) atoms. The summed E-state index contributed by atoms with van der Waals surface area (Å²) in [5.74, 6) is -1.29. The van der Waals surface area contributed by atoms with Crippen molar-refractivity contribution in [1.29, 1.82) is 0 Å². The lowest BCUT2D eigenvalue weighted by atomic mass is 10.1. The Morgan fingerprint density at radius 3 is 2.63 bits per heavy atom. The minimum Gasteiger partial charge on any atom is -0.452 e. The van der Waals surface area contributed by atoms with Crippen molar-refractivity contribution in [3.63, 3.8) is 0 Å². The number of benzene rings is 2. The predicted octanol–water partition coefficient (Wildman–Crippen LogP) is 1.97. The van der Waals surface area contributed by atoms with Gasteiger partial charge in [0, 0.05) is 18.6 Å². The molecule has 0 fully saturated rings. The second-order valence-electron chi connectivity index (χ2n) is 5.78. The summed E-state index contributed by atoms with van der Waals surface area (Å²) in [7, 11) is 0. The van der Waals surface area contributed by atoms with Crippen molar-refractivity contribution in [1.82, 2.24) is 5.01 Å². The first-order valence-electron chi connectivity index (χ1n) is 8.10. The van der Waals surface area contributed by atoms with Crippen LogP contribution in [0, 0.1) is 10.1 Å². The smallest absolute Gasteiger partial charge is 0.340 e. The van der Waals surface area contributed by atoms with E-state index in [0.717, 1.165) is 23.4 Å². The number of nitrogens with two attached hydrogens (primary N) is 1. The summed E-state index contributed by atoms with van der Waals surface area (Å²) in [5.41, 5.74) is 7.00. The van der Waals surface area contributed by atoms with Crippen LogP contribution in [0.15, 0.2) is 53.6 Å². The van der Waals surface area contributed by atoms with Gasteiger partial charge < -0.3 is 10.5 Å². The van der Waals surface area contributed by atoms with E-state index < -0.39 is 23.4 Å². The van der Waals surface area contributed by atoms with Gasteiger partial charge in [0.1, 0.15) is 0 Å². The Labute approximate surface area is 154 Å². The maximum atomic E-state index is 12.2. The first kappa shape index (κ1) is 18.1. The average molecular weight is 368 g/mol. The first-order chi connectivity index (χ1) is 13.0. The molecule has 0 saturated heterocycles. The highest BCUT2D eigenvalue weighted by molar-refractivity contribution is 6.03. The predicted molar refractivity (Wildman–Crippen MR) is 97.1 cm³/mol. The Kier molecular flexibility index (Phi) is 5.11. The molecule has 0 aromatic heterocycles.